The quantitative estimate of drug-likeness (QED) is 0.603. The van der Waals surface area contributed by atoms with Gasteiger partial charge in [0.25, 0.3) is 0 Å². The summed E-state index contributed by atoms with van der Waals surface area (Å²) in [6.07, 6.45) is 2.92. The van der Waals surface area contributed by atoms with Crippen molar-refractivity contribution in [1.29, 1.82) is 0 Å². The minimum absolute atomic E-state index is 0.241. The molecule has 1 atom stereocenters. The highest BCUT2D eigenvalue weighted by atomic mass is 19.1. The predicted molar refractivity (Wildman–Crippen MR) is 116 cm³/mol. The molecule has 29 heavy (non-hydrogen) atoms. The van der Waals surface area contributed by atoms with Crippen LogP contribution in [0.3, 0.4) is 0 Å². The Hall–Kier alpha value is -2.95. The van der Waals surface area contributed by atoms with Crippen molar-refractivity contribution in [2.45, 2.75) is 46.1 Å². The van der Waals surface area contributed by atoms with Gasteiger partial charge in [-0.25, -0.2) is 9.37 Å². The number of nitrogens with one attached hydrogen (secondary N) is 1. The molecule has 150 valence electrons. The van der Waals surface area contributed by atoms with E-state index in [0.29, 0.717) is 5.95 Å². The lowest BCUT2D eigenvalue weighted by Gasteiger charge is -2.36. The maximum atomic E-state index is 13.5. The molecular formula is C24H27FN4. The molecule has 2 heterocycles. The van der Waals surface area contributed by atoms with Crippen LogP contribution in [0.4, 0.5) is 21.8 Å². The van der Waals surface area contributed by atoms with E-state index in [4.69, 9.17) is 9.97 Å². The molecule has 0 bridgehead atoms. The molecule has 4 nitrogen and oxygen atoms in total. The van der Waals surface area contributed by atoms with Crippen molar-refractivity contribution < 1.29 is 4.39 Å². The average molecular weight is 391 g/mol. The largest absolute Gasteiger partial charge is 0.349 e. The molecule has 0 radical (unpaired) electrons. The van der Waals surface area contributed by atoms with Crippen LogP contribution in [-0.4, -0.2) is 16.5 Å². The number of aromatic nitrogens is 2. The summed E-state index contributed by atoms with van der Waals surface area (Å²) in [6, 6.07) is 15.7. The summed E-state index contributed by atoms with van der Waals surface area (Å²) in [4.78, 5) is 11.9. The van der Waals surface area contributed by atoms with Gasteiger partial charge in [-0.1, -0.05) is 37.6 Å². The fraction of sp³-hybridized carbons (Fsp3) is 0.333. The van der Waals surface area contributed by atoms with E-state index in [1.165, 1.54) is 23.3 Å². The second-order valence-electron chi connectivity index (χ2n) is 7.69. The Kier molecular flexibility index (Phi) is 5.47. The van der Waals surface area contributed by atoms with E-state index in [1.54, 1.807) is 6.07 Å². The third-order valence-electron chi connectivity index (χ3n) is 5.60. The molecule has 3 aromatic rings. The summed E-state index contributed by atoms with van der Waals surface area (Å²) in [5.41, 5.74) is 5.45. The summed E-state index contributed by atoms with van der Waals surface area (Å²) in [5.74, 6) is 1.26. The number of hydrogen-bond acceptors (Lipinski definition) is 4. The molecule has 0 saturated carbocycles. The molecule has 1 unspecified atom stereocenters. The Morgan fingerprint density at radius 2 is 1.97 bits per heavy atom. The van der Waals surface area contributed by atoms with Gasteiger partial charge in [0.1, 0.15) is 11.6 Å². The van der Waals surface area contributed by atoms with Crippen molar-refractivity contribution in [3.05, 3.63) is 76.7 Å². The third kappa shape index (κ3) is 4.09. The predicted octanol–water partition coefficient (Wildman–Crippen LogP) is 5.74. The zero-order valence-corrected chi connectivity index (χ0v) is 17.2. The van der Waals surface area contributed by atoms with E-state index >= 15 is 0 Å². The van der Waals surface area contributed by atoms with Crippen molar-refractivity contribution in [3.8, 4) is 0 Å². The Bertz CT molecular complexity index is 1020. The van der Waals surface area contributed by atoms with Crippen LogP contribution in [0.25, 0.3) is 0 Å². The molecule has 4 rings (SSSR count). The molecule has 1 aliphatic heterocycles. The molecule has 1 aromatic heterocycles. The van der Waals surface area contributed by atoms with Crippen LogP contribution in [0, 0.1) is 12.7 Å². The lowest BCUT2D eigenvalue weighted by Crippen LogP contribution is -2.34. The van der Waals surface area contributed by atoms with Crippen LogP contribution < -0.4 is 10.2 Å². The summed E-state index contributed by atoms with van der Waals surface area (Å²) in [5, 5.41) is 3.30. The maximum absolute atomic E-state index is 13.5. The van der Waals surface area contributed by atoms with Crippen molar-refractivity contribution in [1.82, 2.24) is 9.97 Å². The highest BCUT2D eigenvalue weighted by molar-refractivity contribution is 5.60. The van der Waals surface area contributed by atoms with Crippen LogP contribution in [0.5, 0.6) is 0 Å². The highest BCUT2D eigenvalue weighted by Gasteiger charge is 2.25. The van der Waals surface area contributed by atoms with E-state index in [1.807, 2.05) is 6.92 Å². The van der Waals surface area contributed by atoms with Crippen LogP contribution in [-0.2, 0) is 12.8 Å². The van der Waals surface area contributed by atoms with Gasteiger partial charge < -0.3 is 10.2 Å². The van der Waals surface area contributed by atoms with Crippen LogP contribution >= 0.6 is 0 Å². The number of aryl methyl sites for hydroxylation is 2. The maximum Gasteiger partial charge on any atom is 0.229 e. The summed E-state index contributed by atoms with van der Waals surface area (Å²) >= 11 is 0. The van der Waals surface area contributed by atoms with Crippen molar-refractivity contribution in [2.75, 3.05) is 16.8 Å². The van der Waals surface area contributed by atoms with Crippen molar-refractivity contribution >= 4 is 17.5 Å². The van der Waals surface area contributed by atoms with Crippen LogP contribution in [0.15, 0.2) is 48.5 Å². The van der Waals surface area contributed by atoms with E-state index in [9.17, 15) is 4.39 Å². The second-order valence-corrected chi connectivity index (χ2v) is 7.69. The van der Waals surface area contributed by atoms with E-state index in [2.05, 4.69) is 54.4 Å². The minimum Gasteiger partial charge on any atom is -0.349 e. The fourth-order valence-corrected chi connectivity index (χ4v) is 4.04. The van der Waals surface area contributed by atoms with E-state index in [0.717, 1.165) is 48.6 Å². The number of rotatable bonds is 5. The SMILES string of the molecule is CCCc1cc(N2CCc3ccccc3C2C)nc(Nc2ccc(F)cc2C)n1. The Morgan fingerprint density at radius 1 is 1.14 bits per heavy atom. The Labute approximate surface area is 171 Å². The molecule has 0 saturated heterocycles. The second kappa shape index (κ2) is 8.19. The number of anilines is 3. The summed E-state index contributed by atoms with van der Waals surface area (Å²) < 4.78 is 13.5. The molecule has 0 aliphatic carbocycles. The first-order valence-electron chi connectivity index (χ1n) is 10.3. The number of nitrogens with zero attached hydrogens (tertiary/aromatic N) is 3. The number of halogens is 1. The van der Waals surface area contributed by atoms with E-state index in [-0.39, 0.29) is 11.9 Å². The minimum atomic E-state index is -0.241. The molecule has 0 amide bonds. The first kappa shape index (κ1) is 19.4. The Balaban J connectivity index is 1.68. The number of benzene rings is 2. The van der Waals surface area contributed by atoms with Crippen LogP contribution in [0.2, 0.25) is 0 Å². The topological polar surface area (TPSA) is 41.1 Å². The van der Waals surface area contributed by atoms with Gasteiger partial charge in [-0.05, 0) is 61.6 Å². The van der Waals surface area contributed by atoms with Gasteiger partial charge in [0.2, 0.25) is 5.95 Å². The van der Waals surface area contributed by atoms with Gasteiger partial charge >= 0.3 is 0 Å². The van der Waals surface area contributed by atoms with Gasteiger partial charge in [-0.2, -0.15) is 4.98 Å². The van der Waals surface area contributed by atoms with Crippen molar-refractivity contribution in [2.24, 2.45) is 0 Å². The normalized spacial score (nSPS) is 15.9. The number of fused-ring (bicyclic) bond motifs is 1. The number of hydrogen-bond donors (Lipinski definition) is 1. The van der Waals surface area contributed by atoms with Gasteiger partial charge in [0.15, 0.2) is 0 Å². The lowest BCUT2D eigenvalue weighted by atomic mass is 9.93. The average Bonchev–Trinajstić information content (AvgIpc) is 2.71. The standard InChI is InChI=1S/C24H27FN4/c1-4-7-20-15-23(29-13-12-18-8-5-6-9-21(18)17(29)3)28-24(26-20)27-22-11-10-19(25)14-16(22)2/h5-6,8-11,14-15,17H,4,7,12-13H2,1-3H3,(H,26,27,28). The summed E-state index contributed by atoms with van der Waals surface area (Å²) in [7, 11) is 0. The molecule has 0 spiro atoms. The molecule has 1 N–H and O–H groups in total. The zero-order chi connectivity index (χ0) is 20.4. The molecule has 2 aromatic carbocycles. The fourth-order valence-electron chi connectivity index (χ4n) is 4.04. The molecular weight excluding hydrogens is 363 g/mol. The molecule has 5 heteroatoms. The Morgan fingerprint density at radius 3 is 2.76 bits per heavy atom. The summed E-state index contributed by atoms with van der Waals surface area (Å²) in [6.45, 7) is 7.19. The van der Waals surface area contributed by atoms with Gasteiger partial charge in [-0.3, -0.25) is 0 Å². The van der Waals surface area contributed by atoms with Gasteiger partial charge in [0.05, 0.1) is 6.04 Å². The van der Waals surface area contributed by atoms with Crippen LogP contribution in [0.1, 0.15) is 48.7 Å². The molecule has 0 fully saturated rings. The highest BCUT2D eigenvalue weighted by Crippen LogP contribution is 2.33. The smallest absolute Gasteiger partial charge is 0.229 e. The first-order chi connectivity index (χ1) is 14.0. The van der Waals surface area contributed by atoms with Gasteiger partial charge in [0, 0.05) is 24.0 Å². The third-order valence-corrected chi connectivity index (χ3v) is 5.60. The van der Waals surface area contributed by atoms with Crippen molar-refractivity contribution in [3.63, 3.8) is 0 Å². The monoisotopic (exact) mass is 390 g/mol. The molecule has 1 aliphatic rings. The first-order valence-corrected chi connectivity index (χ1v) is 10.3. The van der Waals surface area contributed by atoms with Gasteiger partial charge in [-0.15, -0.1) is 0 Å². The lowest BCUT2D eigenvalue weighted by molar-refractivity contribution is 0.616. The zero-order valence-electron chi connectivity index (χ0n) is 17.2. The van der Waals surface area contributed by atoms with E-state index < -0.39 is 0 Å².